The summed E-state index contributed by atoms with van der Waals surface area (Å²) in [6.07, 6.45) is 0. The maximum Gasteiger partial charge on any atom is 0.262 e. The summed E-state index contributed by atoms with van der Waals surface area (Å²) in [5.74, 6) is 1.00. The molecular weight excluding hydrogens is 414 g/mol. The molecule has 0 saturated carbocycles. The molecule has 8 nitrogen and oxygen atoms in total. The summed E-state index contributed by atoms with van der Waals surface area (Å²) in [6.45, 7) is -0.175. The van der Waals surface area contributed by atoms with Gasteiger partial charge in [-0.05, 0) is 12.1 Å². The van der Waals surface area contributed by atoms with Gasteiger partial charge >= 0.3 is 0 Å². The second-order valence-electron chi connectivity index (χ2n) is 7.06. The van der Waals surface area contributed by atoms with E-state index in [-0.39, 0.29) is 41.3 Å². The molecule has 0 aliphatic carbocycles. The van der Waals surface area contributed by atoms with Crippen LogP contribution < -0.4 is 25.0 Å². The van der Waals surface area contributed by atoms with Crippen LogP contribution in [0.3, 0.4) is 0 Å². The van der Waals surface area contributed by atoms with Crippen LogP contribution >= 0.6 is 0 Å². The number of phenols is 1. The quantitative estimate of drug-likeness (QED) is 0.493. The number of benzene rings is 3. The summed E-state index contributed by atoms with van der Waals surface area (Å²) in [5.41, 5.74) is 1.03. The van der Waals surface area contributed by atoms with Crippen molar-refractivity contribution < 1.29 is 28.5 Å². The molecule has 0 spiro atoms. The van der Waals surface area contributed by atoms with Gasteiger partial charge in [0.25, 0.3) is 5.91 Å². The van der Waals surface area contributed by atoms with Crippen molar-refractivity contribution >= 4 is 22.6 Å². The third kappa shape index (κ3) is 3.81. The highest BCUT2D eigenvalue weighted by atomic mass is 16.7. The van der Waals surface area contributed by atoms with Crippen molar-refractivity contribution in [2.24, 2.45) is 0 Å². The Morgan fingerprint density at radius 2 is 1.81 bits per heavy atom. The Kier molecular flexibility index (Phi) is 4.87. The third-order valence-corrected chi connectivity index (χ3v) is 4.87. The van der Waals surface area contributed by atoms with E-state index < -0.39 is 5.91 Å². The number of hydrogen-bond donors (Lipinski definition) is 2. The summed E-state index contributed by atoms with van der Waals surface area (Å²) >= 11 is 0. The number of phenolic OH excluding ortho intramolecular Hbond substituents is 1. The van der Waals surface area contributed by atoms with Gasteiger partial charge in [0.05, 0.1) is 0 Å². The summed E-state index contributed by atoms with van der Waals surface area (Å²) in [4.78, 5) is 24.8. The number of fused-ring (bicyclic) bond motifs is 2. The van der Waals surface area contributed by atoms with Crippen LogP contribution in [0.1, 0.15) is 0 Å². The fourth-order valence-corrected chi connectivity index (χ4v) is 3.39. The minimum Gasteiger partial charge on any atom is -0.507 e. The van der Waals surface area contributed by atoms with E-state index in [0.29, 0.717) is 22.9 Å². The Labute approximate surface area is 181 Å². The van der Waals surface area contributed by atoms with E-state index in [2.05, 4.69) is 5.32 Å². The average Bonchev–Trinajstić information content (AvgIpc) is 3.26. The first kappa shape index (κ1) is 19.5. The van der Waals surface area contributed by atoms with Gasteiger partial charge in [0.15, 0.2) is 23.5 Å². The highest BCUT2D eigenvalue weighted by molar-refractivity contribution is 5.92. The van der Waals surface area contributed by atoms with Crippen LogP contribution in [0, 0.1) is 0 Å². The van der Waals surface area contributed by atoms with E-state index >= 15 is 0 Å². The van der Waals surface area contributed by atoms with Gasteiger partial charge in [-0.15, -0.1) is 0 Å². The lowest BCUT2D eigenvalue weighted by molar-refractivity contribution is -0.118. The van der Waals surface area contributed by atoms with E-state index in [0.717, 1.165) is 5.56 Å². The third-order valence-electron chi connectivity index (χ3n) is 4.87. The molecule has 1 aliphatic heterocycles. The summed E-state index contributed by atoms with van der Waals surface area (Å²) < 4.78 is 21.9. The summed E-state index contributed by atoms with van der Waals surface area (Å²) in [7, 11) is 0. The lowest BCUT2D eigenvalue weighted by Gasteiger charge is -2.10. The second kappa shape index (κ2) is 7.99. The lowest BCUT2D eigenvalue weighted by atomic mass is 10.1. The number of ether oxygens (including phenoxy) is 3. The molecule has 1 aromatic heterocycles. The molecule has 0 radical (unpaired) electrons. The molecular formula is C24H17NO7. The molecule has 160 valence electrons. The van der Waals surface area contributed by atoms with Crippen molar-refractivity contribution in [3.8, 4) is 34.3 Å². The number of carbonyl (C=O) groups is 1. The fraction of sp³-hybridized carbons (Fsp3) is 0.0833. The van der Waals surface area contributed by atoms with Crippen molar-refractivity contribution in [3.63, 3.8) is 0 Å². The molecule has 0 atom stereocenters. The Bertz CT molecular complexity index is 1380. The van der Waals surface area contributed by atoms with Crippen LogP contribution in [0.2, 0.25) is 0 Å². The molecule has 4 aromatic rings. The fourth-order valence-electron chi connectivity index (χ4n) is 3.39. The Hall–Kier alpha value is -4.46. The number of hydrogen-bond acceptors (Lipinski definition) is 7. The first-order valence-corrected chi connectivity index (χ1v) is 9.75. The van der Waals surface area contributed by atoms with Gasteiger partial charge in [0, 0.05) is 35.5 Å². The molecule has 0 bridgehead atoms. The largest absolute Gasteiger partial charge is 0.507 e. The zero-order valence-corrected chi connectivity index (χ0v) is 16.7. The van der Waals surface area contributed by atoms with E-state index in [9.17, 15) is 14.7 Å². The molecule has 2 heterocycles. The van der Waals surface area contributed by atoms with Gasteiger partial charge in [0.1, 0.15) is 28.2 Å². The molecule has 0 unspecified atom stereocenters. The number of nitrogens with one attached hydrogen (secondary N) is 1. The normalized spacial score (nSPS) is 12.0. The van der Waals surface area contributed by atoms with E-state index in [1.165, 1.54) is 18.2 Å². The summed E-state index contributed by atoms with van der Waals surface area (Å²) in [5, 5.41) is 13.1. The number of amides is 1. The van der Waals surface area contributed by atoms with Gasteiger partial charge in [-0.2, -0.15) is 0 Å². The minimum absolute atomic E-state index is 0.0434. The predicted octanol–water partition coefficient (Wildman–Crippen LogP) is 3.91. The molecule has 3 aromatic carbocycles. The van der Waals surface area contributed by atoms with Crippen LogP contribution in [0.5, 0.6) is 23.0 Å². The van der Waals surface area contributed by atoms with Gasteiger partial charge in [-0.3, -0.25) is 9.59 Å². The second-order valence-corrected chi connectivity index (χ2v) is 7.06. The first-order chi connectivity index (χ1) is 15.6. The van der Waals surface area contributed by atoms with E-state index in [1.807, 2.05) is 30.3 Å². The molecule has 8 heteroatoms. The van der Waals surface area contributed by atoms with Crippen molar-refractivity contribution in [1.29, 1.82) is 0 Å². The Morgan fingerprint density at radius 3 is 2.66 bits per heavy atom. The molecule has 0 fully saturated rings. The highest BCUT2D eigenvalue weighted by Gasteiger charge is 2.16. The van der Waals surface area contributed by atoms with Gasteiger partial charge < -0.3 is 29.1 Å². The van der Waals surface area contributed by atoms with Crippen LogP contribution in [-0.4, -0.2) is 24.4 Å². The number of carbonyl (C=O) groups excluding carboxylic acids is 1. The highest BCUT2D eigenvalue weighted by Crippen LogP contribution is 2.34. The standard InChI is InChI=1S/C24H17NO7/c26-17-9-16(29-12-23(28)25-15-6-7-19-21(8-15)31-13-30-19)10-22-24(17)18(27)11-20(32-22)14-4-2-1-3-5-14/h1-11,26H,12-13H2,(H,25,28). The van der Waals surface area contributed by atoms with Gasteiger partial charge in [0.2, 0.25) is 6.79 Å². The van der Waals surface area contributed by atoms with Gasteiger partial charge in [-0.25, -0.2) is 0 Å². The maximum absolute atomic E-state index is 12.5. The zero-order chi connectivity index (χ0) is 22.1. The molecule has 0 saturated heterocycles. The Morgan fingerprint density at radius 1 is 1.00 bits per heavy atom. The van der Waals surface area contributed by atoms with Crippen LogP contribution in [0.4, 0.5) is 5.69 Å². The molecule has 1 amide bonds. The number of anilines is 1. The molecule has 1 aliphatic rings. The van der Waals surface area contributed by atoms with Crippen LogP contribution in [-0.2, 0) is 4.79 Å². The van der Waals surface area contributed by atoms with Crippen molar-refractivity contribution in [1.82, 2.24) is 0 Å². The number of rotatable bonds is 5. The Balaban J connectivity index is 1.35. The SMILES string of the molecule is O=C(COc1cc(O)c2c(=O)cc(-c3ccccc3)oc2c1)Nc1ccc2c(c1)OCO2. The van der Waals surface area contributed by atoms with Gasteiger partial charge in [-0.1, -0.05) is 30.3 Å². The summed E-state index contributed by atoms with van der Waals surface area (Å²) in [6, 6.07) is 18.2. The van der Waals surface area contributed by atoms with E-state index in [1.54, 1.807) is 18.2 Å². The smallest absolute Gasteiger partial charge is 0.262 e. The monoisotopic (exact) mass is 431 g/mol. The average molecular weight is 431 g/mol. The predicted molar refractivity (Wildman–Crippen MR) is 116 cm³/mol. The van der Waals surface area contributed by atoms with Crippen molar-refractivity contribution in [2.45, 2.75) is 0 Å². The number of aromatic hydroxyl groups is 1. The molecule has 2 N–H and O–H groups in total. The molecule has 5 rings (SSSR count). The van der Waals surface area contributed by atoms with Crippen molar-refractivity contribution in [3.05, 3.63) is 77.0 Å². The topological polar surface area (TPSA) is 107 Å². The lowest BCUT2D eigenvalue weighted by Crippen LogP contribution is -2.20. The minimum atomic E-state index is -0.414. The van der Waals surface area contributed by atoms with E-state index in [4.69, 9.17) is 18.6 Å². The molecule has 32 heavy (non-hydrogen) atoms. The van der Waals surface area contributed by atoms with Crippen LogP contribution in [0.25, 0.3) is 22.3 Å². The first-order valence-electron chi connectivity index (χ1n) is 9.75. The van der Waals surface area contributed by atoms with Crippen molar-refractivity contribution in [2.75, 3.05) is 18.7 Å². The zero-order valence-electron chi connectivity index (χ0n) is 16.7. The van der Waals surface area contributed by atoms with Crippen LogP contribution in [0.15, 0.2) is 75.9 Å². The maximum atomic E-state index is 12.5.